The first-order chi connectivity index (χ1) is 25.6. The summed E-state index contributed by atoms with van der Waals surface area (Å²) >= 11 is 0. The highest BCUT2D eigenvalue weighted by Crippen LogP contribution is 2.59. The number of hydrogen-bond donors (Lipinski definition) is 0. The molecule has 2 aliphatic carbocycles. The molecule has 1 heterocycles. The molecule has 1 atom stereocenters. The van der Waals surface area contributed by atoms with Crippen LogP contribution < -0.4 is 9.80 Å². The minimum atomic E-state index is -0.134. The Bertz CT molecular complexity index is 2560. The molecular formula is C49H40N2O. The van der Waals surface area contributed by atoms with Crippen molar-refractivity contribution < 1.29 is 4.42 Å². The molecule has 0 amide bonds. The van der Waals surface area contributed by atoms with E-state index in [1.54, 1.807) is 0 Å². The molecule has 0 N–H and O–H groups in total. The zero-order valence-corrected chi connectivity index (χ0v) is 29.6. The maximum atomic E-state index is 6.60. The van der Waals surface area contributed by atoms with Crippen LogP contribution >= 0.6 is 0 Å². The third-order valence-electron chi connectivity index (χ3n) is 11.5. The van der Waals surface area contributed by atoms with Crippen molar-refractivity contribution >= 4 is 56.1 Å². The van der Waals surface area contributed by atoms with Gasteiger partial charge >= 0.3 is 0 Å². The normalized spacial score (nSPS) is 16.0. The molecule has 0 fully saturated rings. The lowest BCUT2D eigenvalue weighted by atomic mass is 9.74. The van der Waals surface area contributed by atoms with Gasteiger partial charge in [0.1, 0.15) is 11.2 Å². The number of para-hydroxylation sites is 3. The van der Waals surface area contributed by atoms with E-state index in [9.17, 15) is 0 Å². The average Bonchev–Trinajstić information content (AvgIpc) is 3.87. The predicted octanol–water partition coefficient (Wildman–Crippen LogP) is 13.3. The van der Waals surface area contributed by atoms with Crippen LogP contribution in [-0.2, 0) is 18.3 Å². The molecule has 0 saturated heterocycles. The van der Waals surface area contributed by atoms with E-state index in [2.05, 4.69) is 181 Å². The van der Waals surface area contributed by atoms with Crippen molar-refractivity contribution in [3.63, 3.8) is 0 Å². The molecule has 10 rings (SSSR count). The molecule has 0 bridgehead atoms. The molecule has 2 aliphatic rings. The van der Waals surface area contributed by atoms with Crippen LogP contribution in [0.25, 0.3) is 21.9 Å². The van der Waals surface area contributed by atoms with Crippen molar-refractivity contribution in [3.8, 4) is 0 Å². The molecule has 0 saturated carbocycles. The van der Waals surface area contributed by atoms with Crippen LogP contribution in [0.2, 0.25) is 0 Å². The molecule has 252 valence electrons. The highest BCUT2D eigenvalue weighted by Gasteiger charge is 2.49. The van der Waals surface area contributed by atoms with E-state index in [0.29, 0.717) is 0 Å². The van der Waals surface area contributed by atoms with Crippen LogP contribution in [0.5, 0.6) is 0 Å². The Hall–Kier alpha value is -6.06. The third kappa shape index (κ3) is 4.73. The summed E-state index contributed by atoms with van der Waals surface area (Å²) in [5.74, 6) is 0. The first-order valence-corrected chi connectivity index (χ1v) is 18.5. The number of nitrogens with zero attached hydrogens (tertiary/aromatic N) is 2. The summed E-state index contributed by atoms with van der Waals surface area (Å²) in [4.78, 5) is 4.95. The van der Waals surface area contributed by atoms with Crippen molar-refractivity contribution in [1.29, 1.82) is 0 Å². The van der Waals surface area contributed by atoms with Gasteiger partial charge in [-0.05, 0) is 140 Å². The summed E-state index contributed by atoms with van der Waals surface area (Å²) in [6.07, 6.45) is 4.29. The number of hydrogen-bond acceptors (Lipinski definition) is 3. The van der Waals surface area contributed by atoms with E-state index in [1.807, 2.05) is 0 Å². The smallest absolute Gasteiger partial charge is 0.137 e. The van der Waals surface area contributed by atoms with Gasteiger partial charge in [0.2, 0.25) is 0 Å². The zero-order chi connectivity index (χ0) is 34.8. The van der Waals surface area contributed by atoms with Gasteiger partial charge in [0.25, 0.3) is 0 Å². The number of benzene rings is 7. The number of furan rings is 1. The number of rotatable bonds is 6. The van der Waals surface area contributed by atoms with E-state index in [1.165, 1.54) is 61.5 Å². The van der Waals surface area contributed by atoms with Crippen molar-refractivity contribution in [2.24, 2.45) is 0 Å². The van der Waals surface area contributed by atoms with Gasteiger partial charge in [-0.2, -0.15) is 0 Å². The second-order valence-corrected chi connectivity index (χ2v) is 14.6. The van der Waals surface area contributed by atoms with E-state index in [4.69, 9.17) is 4.42 Å². The second kappa shape index (κ2) is 12.0. The molecular weight excluding hydrogens is 633 g/mol. The average molecular weight is 673 g/mol. The number of fused-ring (bicyclic) bond motifs is 7. The fourth-order valence-corrected chi connectivity index (χ4v) is 9.51. The first-order valence-electron chi connectivity index (χ1n) is 18.5. The van der Waals surface area contributed by atoms with E-state index in [-0.39, 0.29) is 5.41 Å². The molecule has 3 nitrogen and oxygen atoms in total. The molecule has 0 aliphatic heterocycles. The lowest BCUT2D eigenvalue weighted by Gasteiger charge is -2.37. The lowest BCUT2D eigenvalue weighted by Crippen LogP contribution is -2.27. The molecule has 1 aromatic heterocycles. The number of anilines is 6. The van der Waals surface area contributed by atoms with Crippen LogP contribution in [-0.4, -0.2) is 0 Å². The van der Waals surface area contributed by atoms with Gasteiger partial charge in [0, 0.05) is 45.0 Å². The van der Waals surface area contributed by atoms with E-state index in [0.717, 1.165) is 53.6 Å². The third-order valence-corrected chi connectivity index (χ3v) is 11.5. The quantitative estimate of drug-likeness (QED) is 0.175. The van der Waals surface area contributed by atoms with Crippen LogP contribution in [0.1, 0.15) is 46.2 Å². The Morgan fingerprint density at radius 1 is 0.481 bits per heavy atom. The van der Waals surface area contributed by atoms with Gasteiger partial charge in [-0.3, -0.25) is 0 Å². The highest BCUT2D eigenvalue weighted by atomic mass is 16.3. The standard InChI is InChI=1S/C49H40N2O/c1-33-30-34(2)46-41-25-24-40(32-44(41)52-45(46)31-33)51(39-20-10-5-11-21-39)43-23-13-15-36-27-29-49(48(36)43)28-26-35-14-12-22-42(47(35)49)50(37-16-6-3-7-17-37)38-18-8-4-9-19-38/h3-25,30-32H,26-29H2,1-2H3/t49-/m1/s1. The highest BCUT2D eigenvalue weighted by molar-refractivity contribution is 6.08. The minimum Gasteiger partial charge on any atom is -0.456 e. The monoisotopic (exact) mass is 672 g/mol. The fraction of sp³-hybridized carbons (Fsp3) is 0.143. The number of aryl methyl sites for hydroxylation is 4. The Balaban J connectivity index is 1.20. The SMILES string of the molecule is Cc1cc(C)c2c(c1)oc1cc(N(c3ccccc3)c3cccc4c3[C@]3(CCc5cccc(N(c6ccccc6)c6ccccc6)c53)CC4)ccc12. The molecule has 8 aromatic rings. The largest absolute Gasteiger partial charge is 0.456 e. The topological polar surface area (TPSA) is 19.6 Å². The van der Waals surface area contributed by atoms with Crippen molar-refractivity contribution in [2.75, 3.05) is 9.80 Å². The fourth-order valence-electron chi connectivity index (χ4n) is 9.51. The summed E-state index contributed by atoms with van der Waals surface area (Å²) in [5, 5.41) is 2.37. The van der Waals surface area contributed by atoms with Crippen LogP contribution in [0.3, 0.4) is 0 Å². The Kier molecular flexibility index (Phi) is 7.11. The molecule has 7 aromatic carbocycles. The zero-order valence-electron chi connectivity index (χ0n) is 29.6. The maximum absolute atomic E-state index is 6.60. The Morgan fingerprint density at radius 3 is 1.54 bits per heavy atom. The predicted molar refractivity (Wildman–Crippen MR) is 216 cm³/mol. The summed E-state index contributed by atoms with van der Waals surface area (Å²) < 4.78 is 6.60. The van der Waals surface area contributed by atoms with Gasteiger partial charge in [-0.1, -0.05) is 84.9 Å². The second-order valence-electron chi connectivity index (χ2n) is 14.6. The van der Waals surface area contributed by atoms with Crippen LogP contribution in [0, 0.1) is 13.8 Å². The Labute approximate surface area is 305 Å². The van der Waals surface area contributed by atoms with Gasteiger partial charge in [0.05, 0.1) is 11.4 Å². The minimum absolute atomic E-state index is 0.134. The molecule has 0 unspecified atom stereocenters. The van der Waals surface area contributed by atoms with E-state index >= 15 is 0 Å². The lowest BCUT2D eigenvalue weighted by molar-refractivity contribution is 0.508. The summed E-state index contributed by atoms with van der Waals surface area (Å²) in [7, 11) is 0. The first kappa shape index (κ1) is 30.7. The molecule has 52 heavy (non-hydrogen) atoms. The Morgan fingerprint density at radius 2 is 1.00 bits per heavy atom. The van der Waals surface area contributed by atoms with Gasteiger partial charge < -0.3 is 14.2 Å². The van der Waals surface area contributed by atoms with Crippen molar-refractivity contribution in [3.05, 3.63) is 191 Å². The summed E-state index contributed by atoms with van der Waals surface area (Å²) in [6, 6.07) is 57.7. The van der Waals surface area contributed by atoms with Crippen LogP contribution in [0.4, 0.5) is 34.1 Å². The summed E-state index contributed by atoms with van der Waals surface area (Å²) in [6.45, 7) is 4.32. The van der Waals surface area contributed by atoms with E-state index < -0.39 is 0 Å². The van der Waals surface area contributed by atoms with Gasteiger partial charge in [0.15, 0.2) is 0 Å². The maximum Gasteiger partial charge on any atom is 0.137 e. The summed E-state index contributed by atoms with van der Waals surface area (Å²) in [5.41, 5.74) is 17.1. The van der Waals surface area contributed by atoms with Crippen molar-refractivity contribution in [1.82, 2.24) is 0 Å². The molecule has 0 radical (unpaired) electrons. The van der Waals surface area contributed by atoms with Crippen LogP contribution in [0.15, 0.2) is 162 Å². The molecule has 3 heteroatoms. The van der Waals surface area contributed by atoms with Crippen molar-refractivity contribution in [2.45, 2.75) is 44.9 Å². The van der Waals surface area contributed by atoms with Gasteiger partial charge in [-0.25, -0.2) is 0 Å². The molecule has 1 spiro atoms. The van der Waals surface area contributed by atoms with Gasteiger partial charge in [-0.15, -0.1) is 0 Å².